The lowest BCUT2D eigenvalue weighted by atomic mass is 10.1. The van der Waals surface area contributed by atoms with Gasteiger partial charge in [0.1, 0.15) is 5.82 Å². The molecule has 1 amide bonds. The zero-order valence-electron chi connectivity index (χ0n) is 15.0. The largest absolute Gasteiger partial charge is 0.365 e. The summed E-state index contributed by atoms with van der Waals surface area (Å²) in [4.78, 5) is 21.0. The van der Waals surface area contributed by atoms with Crippen LogP contribution in [0.1, 0.15) is 28.4 Å². The van der Waals surface area contributed by atoms with Crippen LogP contribution < -0.4 is 10.6 Å². The van der Waals surface area contributed by atoms with E-state index in [0.29, 0.717) is 28.6 Å². The number of nitrogens with zero attached hydrogens (tertiary/aromatic N) is 2. The van der Waals surface area contributed by atoms with E-state index in [1.54, 1.807) is 43.6 Å². The maximum atomic E-state index is 12.6. The normalized spacial score (nSPS) is 10.4. The van der Waals surface area contributed by atoms with E-state index < -0.39 is 5.91 Å². The van der Waals surface area contributed by atoms with Crippen molar-refractivity contribution in [1.82, 2.24) is 9.97 Å². The zero-order valence-corrected chi connectivity index (χ0v) is 16.5. The number of nitrogens with one attached hydrogen (secondary N) is 3. The van der Waals surface area contributed by atoms with Gasteiger partial charge in [-0.25, -0.2) is 4.98 Å². The summed E-state index contributed by atoms with van der Waals surface area (Å²) in [6.45, 7) is 2.06. The summed E-state index contributed by atoms with van der Waals surface area (Å²) < 4.78 is 0. The second-order valence-electron chi connectivity index (χ2n) is 6.01. The second-order valence-corrected chi connectivity index (χ2v) is 6.82. The monoisotopic (exact) mass is 413 g/mol. The Kier molecular flexibility index (Phi) is 6.23. The van der Waals surface area contributed by atoms with E-state index in [1.165, 1.54) is 6.20 Å². The maximum absolute atomic E-state index is 12.6. The lowest BCUT2D eigenvalue weighted by Gasteiger charge is -2.15. The topological polar surface area (TPSA) is 90.8 Å². The molecule has 0 fully saturated rings. The SMILES string of the molecule is CC(=N)c1c(NCc2cccnc2)ncc(C(=O)Nc2ccc(Cl)cc2)c1Cl. The lowest BCUT2D eigenvalue weighted by Crippen LogP contribution is -2.16. The molecule has 0 spiro atoms. The van der Waals surface area contributed by atoms with E-state index in [1.807, 2.05) is 12.1 Å². The first kappa shape index (κ1) is 19.8. The number of carbonyl (C=O) groups is 1. The first-order valence-corrected chi connectivity index (χ1v) is 9.15. The smallest absolute Gasteiger partial charge is 0.258 e. The number of hydrogen-bond donors (Lipinski definition) is 3. The third kappa shape index (κ3) is 4.65. The van der Waals surface area contributed by atoms with Crippen molar-refractivity contribution < 1.29 is 4.79 Å². The fourth-order valence-electron chi connectivity index (χ4n) is 2.54. The summed E-state index contributed by atoms with van der Waals surface area (Å²) >= 11 is 12.3. The van der Waals surface area contributed by atoms with Crippen LogP contribution in [-0.4, -0.2) is 21.6 Å². The van der Waals surface area contributed by atoms with Crippen molar-refractivity contribution in [2.45, 2.75) is 13.5 Å². The average molecular weight is 414 g/mol. The molecule has 0 saturated heterocycles. The van der Waals surface area contributed by atoms with Gasteiger partial charge in [-0.15, -0.1) is 0 Å². The van der Waals surface area contributed by atoms with Crippen LogP contribution in [0.3, 0.4) is 0 Å². The molecule has 28 heavy (non-hydrogen) atoms. The molecule has 0 aliphatic heterocycles. The van der Waals surface area contributed by atoms with E-state index >= 15 is 0 Å². The highest BCUT2D eigenvalue weighted by Crippen LogP contribution is 2.28. The van der Waals surface area contributed by atoms with Crippen molar-refractivity contribution in [2.24, 2.45) is 0 Å². The summed E-state index contributed by atoms with van der Waals surface area (Å²) in [5.41, 5.74) is 2.31. The van der Waals surface area contributed by atoms with E-state index in [-0.39, 0.29) is 16.3 Å². The van der Waals surface area contributed by atoms with Gasteiger partial charge in [0.25, 0.3) is 5.91 Å². The standard InChI is InChI=1S/C20H17Cl2N5O/c1-12(23)17-18(22)16(20(28)27-15-6-4-14(21)5-7-15)11-26-19(17)25-10-13-3-2-8-24-9-13/h2-9,11,23H,10H2,1H3,(H,25,26)(H,27,28). The molecule has 3 aromatic rings. The van der Waals surface area contributed by atoms with Crippen molar-refractivity contribution in [3.05, 3.63) is 81.7 Å². The molecule has 0 unspecified atom stereocenters. The number of anilines is 2. The summed E-state index contributed by atoms with van der Waals surface area (Å²) in [6.07, 6.45) is 4.82. The fourth-order valence-corrected chi connectivity index (χ4v) is 3.04. The number of pyridine rings is 2. The van der Waals surface area contributed by atoms with Crippen molar-refractivity contribution >= 4 is 46.3 Å². The van der Waals surface area contributed by atoms with E-state index in [4.69, 9.17) is 28.6 Å². The van der Waals surface area contributed by atoms with Gasteiger partial charge in [-0.05, 0) is 42.8 Å². The molecule has 3 rings (SSSR count). The van der Waals surface area contributed by atoms with Crippen molar-refractivity contribution in [3.63, 3.8) is 0 Å². The van der Waals surface area contributed by atoms with Gasteiger partial charge in [0.15, 0.2) is 0 Å². The molecular weight excluding hydrogens is 397 g/mol. The van der Waals surface area contributed by atoms with Crippen LogP contribution in [-0.2, 0) is 6.54 Å². The van der Waals surface area contributed by atoms with Gasteiger partial charge in [-0.2, -0.15) is 0 Å². The highest BCUT2D eigenvalue weighted by atomic mass is 35.5. The Morgan fingerprint density at radius 1 is 1.14 bits per heavy atom. The van der Waals surface area contributed by atoms with E-state index in [0.717, 1.165) is 5.56 Å². The van der Waals surface area contributed by atoms with Gasteiger partial charge in [0, 0.05) is 41.6 Å². The summed E-state index contributed by atoms with van der Waals surface area (Å²) in [5, 5.41) is 14.7. The van der Waals surface area contributed by atoms with Crippen molar-refractivity contribution in [3.8, 4) is 0 Å². The molecule has 142 valence electrons. The van der Waals surface area contributed by atoms with Crippen LogP contribution in [0.15, 0.2) is 55.0 Å². The molecule has 0 aliphatic carbocycles. The molecule has 3 N–H and O–H groups in total. The quantitative estimate of drug-likeness (QED) is 0.493. The van der Waals surface area contributed by atoms with Gasteiger partial charge in [-0.1, -0.05) is 29.3 Å². The van der Waals surface area contributed by atoms with Gasteiger partial charge in [0.2, 0.25) is 0 Å². The predicted molar refractivity (Wildman–Crippen MR) is 113 cm³/mol. The molecule has 8 heteroatoms. The Labute approximate surface area is 172 Å². The maximum Gasteiger partial charge on any atom is 0.258 e. The molecule has 0 bridgehead atoms. The van der Waals surface area contributed by atoms with E-state index in [9.17, 15) is 4.79 Å². The Balaban J connectivity index is 1.85. The molecule has 2 aromatic heterocycles. The molecule has 0 aliphatic rings. The summed E-state index contributed by atoms with van der Waals surface area (Å²) in [5.74, 6) is 0.0190. The van der Waals surface area contributed by atoms with Crippen LogP contribution in [0.25, 0.3) is 0 Å². The predicted octanol–water partition coefficient (Wildman–Crippen LogP) is 5.04. The molecule has 0 saturated carbocycles. The van der Waals surface area contributed by atoms with Gasteiger partial charge >= 0.3 is 0 Å². The summed E-state index contributed by atoms with van der Waals surface area (Å²) in [7, 11) is 0. The second kappa shape index (κ2) is 8.82. The third-order valence-corrected chi connectivity index (χ3v) is 4.56. The average Bonchev–Trinajstić information content (AvgIpc) is 2.68. The number of amides is 1. The minimum absolute atomic E-state index is 0.169. The van der Waals surface area contributed by atoms with Gasteiger partial charge < -0.3 is 16.0 Å². The van der Waals surface area contributed by atoms with Crippen LogP contribution in [0.5, 0.6) is 0 Å². The van der Waals surface area contributed by atoms with Crippen LogP contribution >= 0.6 is 23.2 Å². The van der Waals surface area contributed by atoms with E-state index in [2.05, 4.69) is 20.6 Å². The highest BCUT2D eigenvalue weighted by Gasteiger charge is 2.19. The third-order valence-electron chi connectivity index (χ3n) is 3.92. The molecular formula is C20H17Cl2N5O. The first-order chi connectivity index (χ1) is 13.5. The number of hydrogen-bond acceptors (Lipinski definition) is 5. The molecule has 2 heterocycles. The molecule has 6 nitrogen and oxygen atoms in total. The number of aromatic nitrogens is 2. The van der Waals surface area contributed by atoms with Crippen LogP contribution in [0.4, 0.5) is 11.5 Å². The summed E-state index contributed by atoms with van der Waals surface area (Å²) in [6, 6.07) is 10.5. The lowest BCUT2D eigenvalue weighted by molar-refractivity contribution is 0.102. The number of benzene rings is 1. The molecule has 1 aromatic carbocycles. The van der Waals surface area contributed by atoms with Crippen LogP contribution in [0.2, 0.25) is 10.0 Å². The Bertz CT molecular complexity index is 1010. The zero-order chi connectivity index (χ0) is 20.1. The Morgan fingerprint density at radius 2 is 1.89 bits per heavy atom. The minimum atomic E-state index is -0.416. The molecule has 0 atom stereocenters. The number of rotatable bonds is 6. The van der Waals surface area contributed by atoms with Crippen molar-refractivity contribution in [1.29, 1.82) is 5.41 Å². The minimum Gasteiger partial charge on any atom is -0.365 e. The Morgan fingerprint density at radius 3 is 2.54 bits per heavy atom. The highest BCUT2D eigenvalue weighted by molar-refractivity contribution is 6.38. The number of halogens is 2. The van der Waals surface area contributed by atoms with Crippen molar-refractivity contribution in [2.75, 3.05) is 10.6 Å². The van der Waals surface area contributed by atoms with Gasteiger partial charge in [-0.3, -0.25) is 9.78 Å². The number of carbonyl (C=O) groups excluding carboxylic acids is 1. The van der Waals surface area contributed by atoms with Gasteiger partial charge in [0.05, 0.1) is 16.1 Å². The molecule has 0 radical (unpaired) electrons. The van der Waals surface area contributed by atoms with Crippen LogP contribution in [0, 0.1) is 5.41 Å². The fraction of sp³-hybridized carbons (Fsp3) is 0.100. The first-order valence-electron chi connectivity index (χ1n) is 8.39. The Hall–Kier alpha value is -2.96.